The van der Waals surface area contributed by atoms with Gasteiger partial charge in [0, 0.05) is 5.02 Å². The van der Waals surface area contributed by atoms with Gasteiger partial charge in [0.1, 0.15) is 6.04 Å². The standard InChI is InChI=1S/C21H23ClN4O2/c1-3-13(2)19(25-18(27)12-14-8-4-5-9-15(14)22)20(28)26-21-23-16-10-6-7-11-17(16)24-21/h4-11,13,19H,3,12H2,1-2H3,(H,25,27)(H2,23,24,26,28). The number of H-pyrrole nitrogens is 1. The Morgan fingerprint density at radius 2 is 1.86 bits per heavy atom. The van der Waals surface area contributed by atoms with Crippen molar-refractivity contribution in [1.82, 2.24) is 15.3 Å². The third kappa shape index (κ3) is 4.70. The van der Waals surface area contributed by atoms with E-state index in [-0.39, 0.29) is 24.2 Å². The second-order valence-corrected chi connectivity index (χ2v) is 7.20. The number of benzene rings is 2. The summed E-state index contributed by atoms with van der Waals surface area (Å²) in [5.41, 5.74) is 2.32. The van der Waals surface area contributed by atoms with Gasteiger partial charge in [0.05, 0.1) is 17.5 Å². The number of carbonyl (C=O) groups is 2. The van der Waals surface area contributed by atoms with Crippen molar-refractivity contribution in [2.75, 3.05) is 5.32 Å². The first-order chi connectivity index (χ1) is 13.5. The van der Waals surface area contributed by atoms with Crippen LogP contribution in [0.25, 0.3) is 11.0 Å². The molecule has 7 heteroatoms. The Bertz CT molecular complexity index is 952. The van der Waals surface area contributed by atoms with Crippen LogP contribution in [-0.4, -0.2) is 27.8 Å². The lowest BCUT2D eigenvalue weighted by Crippen LogP contribution is -2.48. The molecule has 146 valence electrons. The molecule has 2 aromatic carbocycles. The molecule has 1 heterocycles. The van der Waals surface area contributed by atoms with Gasteiger partial charge in [-0.2, -0.15) is 0 Å². The van der Waals surface area contributed by atoms with Crippen molar-refractivity contribution in [3.05, 3.63) is 59.1 Å². The molecule has 6 nitrogen and oxygen atoms in total. The molecular weight excluding hydrogens is 376 g/mol. The van der Waals surface area contributed by atoms with Crippen molar-refractivity contribution in [3.8, 4) is 0 Å². The molecule has 1 aromatic heterocycles. The second-order valence-electron chi connectivity index (χ2n) is 6.79. The first-order valence-corrected chi connectivity index (χ1v) is 9.64. The molecule has 0 radical (unpaired) electrons. The Morgan fingerprint density at radius 1 is 1.14 bits per heavy atom. The number of aromatic nitrogens is 2. The van der Waals surface area contributed by atoms with Crippen LogP contribution in [0.2, 0.25) is 5.02 Å². The van der Waals surface area contributed by atoms with E-state index in [4.69, 9.17) is 11.6 Å². The number of nitrogens with one attached hydrogen (secondary N) is 3. The van der Waals surface area contributed by atoms with Gasteiger partial charge in [-0.05, 0) is 29.7 Å². The largest absolute Gasteiger partial charge is 0.344 e. The van der Waals surface area contributed by atoms with Crippen molar-refractivity contribution in [1.29, 1.82) is 0 Å². The van der Waals surface area contributed by atoms with Gasteiger partial charge in [-0.15, -0.1) is 0 Å². The molecule has 28 heavy (non-hydrogen) atoms. The van der Waals surface area contributed by atoms with Gasteiger partial charge < -0.3 is 10.3 Å². The van der Waals surface area contributed by atoms with Crippen LogP contribution in [-0.2, 0) is 16.0 Å². The van der Waals surface area contributed by atoms with Crippen LogP contribution in [0.15, 0.2) is 48.5 Å². The third-order valence-corrected chi connectivity index (χ3v) is 5.12. The van der Waals surface area contributed by atoms with Crippen LogP contribution in [0.5, 0.6) is 0 Å². The zero-order chi connectivity index (χ0) is 20.1. The van der Waals surface area contributed by atoms with Gasteiger partial charge in [-0.3, -0.25) is 14.9 Å². The molecular formula is C21H23ClN4O2. The highest BCUT2D eigenvalue weighted by Crippen LogP contribution is 2.17. The Morgan fingerprint density at radius 3 is 2.57 bits per heavy atom. The lowest BCUT2D eigenvalue weighted by molar-refractivity contribution is -0.127. The van der Waals surface area contributed by atoms with Gasteiger partial charge >= 0.3 is 0 Å². The summed E-state index contributed by atoms with van der Waals surface area (Å²) in [6.45, 7) is 3.91. The Labute approximate surface area is 168 Å². The number of fused-ring (bicyclic) bond motifs is 1. The van der Waals surface area contributed by atoms with Crippen molar-refractivity contribution in [3.63, 3.8) is 0 Å². The number of carbonyl (C=O) groups excluding carboxylic acids is 2. The van der Waals surface area contributed by atoms with E-state index in [9.17, 15) is 9.59 Å². The Hall–Kier alpha value is -2.86. The molecule has 0 aliphatic heterocycles. The highest BCUT2D eigenvalue weighted by Gasteiger charge is 2.26. The van der Waals surface area contributed by atoms with E-state index in [2.05, 4.69) is 20.6 Å². The number of hydrogen-bond acceptors (Lipinski definition) is 3. The highest BCUT2D eigenvalue weighted by atomic mass is 35.5. The number of anilines is 1. The van der Waals surface area contributed by atoms with Crippen molar-refractivity contribution in [2.24, 2.45) is 5.92 Å². The molecule has 0 fully saturated rings. The normalized spacial score (nSPS) is 13.1. The smallest absolute Gasteiger partial charge is 0.249 e. The molecule has 3 N–H and O–H groups in total. The van der Waals surface area contributed by atoms with Gasteiger partial charge in [0.2, 0.25) is 17.8 Å². The minimum absolute atomic E-state index is 0.0421. The van der Waals surface area contributed by atoms with Crippen LogP contribution < -0.4 is 10.6 Å². The fraction of sp³-hybridized carbons (Fsp3) is 0.286. The maximum Gasteiger partial charge on any atom is 0.249 e. The molecule has 0 aliphatic rings. The summed E-state index contributed by atoms with van der Waals surface area (Å²) in [6.07, 6.45) is 0.856. The second kappa shape index (κ2) is 8.89. The van der Waals surface area contributed by atoms with Crippen LogP contribution in [0.1, 0.15) is 25.8 Å². The minimum atomic E-state index is -0.673. The molecule has 3 rings (SSSR count). The first kappa shape index (κ1) is 19.9. The average molecular weight is 399 g/mol. The fourth-order valence-corrected chi connectivity index (χ4v) is 3.15. The molecule has 2 unspecified atom stereocenters. The van der Waals surface area contributed by atoms with Crippen LogP contribution in [0.4, 0.5) is 5.95 Å². The maximum atomic E-state index is 12.8. The number of halogens is 1. The molecule has 0 spiro atoms. The number of imidazole rings is 1. The number of nitrogens with zero attached hydrogens (tertiary/aromatic N) is 1. The summed E-state index contributed by atoms with van der Waals surface area (Å²) in [7, 11) is 0. The number of para-hydroxylation sites is 2. The van der Waals surface area contributed by atoms with E-state index >= 15 is 0 Å². The van der Waals surface area contributed by atoms with Crippen LogP contribution >= 0.6 is 11.6 Å². The summed E-state index contributed by atoms with van der Waals surface area (Å²) in [5.74, 6) is -0.237. The molecule has 3 aromatic rings. The monoisotopic (exact) mass is 398 g/mol. The van der Waals surface area contributed by atoms with Gasteiger partial charge in [0.15, 0.2) is 0 Å². The predicted octanol–water partition coefficient (Wildman–Crippen LogP) is 3.93. The zero-order valence-corrected chi connectivity index (χ0v) is 16.6. The topological polar surface area (TPSA) is 86.9 Å². The van der Waals surface area contributed by atoms with Gasteiger partial charge in [-0.25, -0.2) is 4.98 Å². The molecule has 0 saturated heterocycles. The lowest BCUT2D eigenvalue weighted by Gasteiger charge is -2.23. The quantitative estimate of drug-likeness (QED) is 0.563. The summed E-state index contributed by atoms with van der Waals surface area (Å²) >= 11 is 6.13. The predicted molar refractivity (Wildman–Crippen MR) is 111 cm³/mol. The van der Waals surface area contributed by atoms with Crippen LogP contribution in [0.3, 0.4) is 0 Å². The van der Waals surface area contributed by atoms with E-state index in [1.165, 1.54) is 0 Å². The summed E-state index contributed by atoms with van der Waals surface area (Å²) in [6, 6.07) is 14.0. The highest BCUT2D eigenvalue weighted by molar-refractivity contribution is 6.31. The van der Waals surface area contributed by atoms with E-state index < -0.39 is 6.04 Å². The minimum Gasteiger partial charge on any atom is -0.344 e. The first-order valence-electron chi connectivity index (χ1n) is 9.26. The summed E-state index contributed by atoms with van der Waals surface area (Å²) in [4.78, 5) is 32.8. The van der Waals surface area contributed by atoms with Crippen molar-refractivity contribution >= 4 is 40.4 Å². The lowest BCUT2D eigenvalue weighted by atomic mass is 9.98. The fourth-order valence-electron chi connectivity index (χ4n) is 2.95. The summed E-state index contributed by atoms with van der Waals surface area (Å²) < 4.78 is 0. The number of aromatic amines is 1. The molecule has 0 aliphatic carbocycles. The SMILES string of the molecule is CCC(C)C(NC(=O)Cc1ccccc1Cl)C(=O)Nc1nc2ccccc2[nH]1. The average Bonchev–Trinajstić information content (AvgIpc) is 3.09. The van der Waals surface area contributed by atoms with Crippen molar-refractivity contribution < 1.29 is 9.59 Å². The van der Waals surface area contributed by atoms with E-state index in [1.54, 1.807) is 12.1 Å². The molecule has 0 bridgehead atoms. The molecule has 2 atom stereocenters. The summed E-state index contributed by atoms with van der Waals surface area (Å²) in [5, 5.41) is 6.16. The maximum absolute atomic E-state index is 12.8. The van der Waals surface area contributed by atoms with Crippen LogP contribution in [0, 0.1) is 5.92 Å². The van der Waals surface area contributed by atoms with Gasteiger partial charge in [0.25, 0.3) is 0 Å². The molecule has 0 saturated carbocycles. The van der Waals surface area contributed by atoms with E-state index in [1.807, 2.05) is 50.2 Å². The third-order valence-electron chi connectivity index (χ3n) is 4.75. The van der Waals surface area contributed by atoms with E-state index in [0.717, 1.165) is 23.0 Å². The molecule has 2 amide bonds. The Kier molecular flexibility index (Phi) is 6.31. The number of hydrogen-bond donors (Lipinski definition) is 3. The number of rotatable bonds is 7. The van der Waals surface area contributed by atoms with E-state index in [0.29, 0.717) is 11.0 Å². The van der Waals surface area contributed by atoms with Gasteiger partial charge in [-0.1, -0.05) is 62.2 Å². The number of amides is 2. The Balaban J connectivity index is 1.71. The van der Waals surface area contributed by atoms with Crippen molar-refractivity contribution in [2.45, 2.75) is 32.7 Å². The zero-order valence-electron chi connectivity index (χ0n) is 15.8.